The highest BCUT2D eigenvalue weighted by Crippen LogP contribution is 2.43. The van der Waals surface area contributed by atoms with E-state index in [2.05, 4.69) is 45.9 Å². The van der Waals surface area contributed by atoms with E-state index in [0.717, 1.165) is 74.4 Å². The summed E-state index contributed by atoms with van der Waals surface area (Å²) in [5.41, 5.74) is 12.1. The summed E-state index contributed by atoms with van der Waals surface area (Å²) in [6.07, 6.45) is 11.2. The van der Waals surface area contributed by atoms with Crippen molar-refractivity contribution < 1.29 is 0 Å². The van der Waals surface area contributed by atoms with Crippen LogP contribution in [-0.4, -0.2) is 64.4 Å². The van der Waals surface area contributed by atoms with E-state index in [9.17, 15) is 0 Å². The fraction of sp³-hybridized carbons (Fsp3) is 0.560. The van der Waals surface area contributed by atoms with Crippen molar-refractivity contribution in [1.82, 2.24) is 24.6 Å². The summed E-state index contributed by atoms with van der Waals surface area (Å²) in [5.74, 6) is 0.581. The molecule has 1 saturated heterocycles. The monoisotopic (exact) mass is 433 g/mol. The van der Waals surface area contributed by atoms with E-state index in [1.807, 2.05) is 6.20 Å². The van der Waals surface area contributed by atoms with Gasteiger partial charge in [0.2, 0.25) is 0 Å². The van der Waals surface area contributed by atoms with E-state index in [1.165, 1.54) is 37.1 Å². The number of nitrogens with two attached hydrogens (primary N) is 1. The average Bonchev–Trinajstić information content (AvgIpc) is 3.58. The van der Waals surface area contributed by atoms with Gasteiger partial charge >= 0.3 is 0 Å². The zero-order valence-corrected chi connectivity index (χ0v) is 19.2. The molecule has 2 aliphatic rings. The molecular weight excluding hydrogens is 398 g/mol. The van der Waals surface area contributed by atoms with E-state index < -0.39 is 0 Å². The van der Waals surface area contributed by atoms with Crippen LogP contribution in [0.1, 0.15) is 50.1 Å². The van der Waals surface area contributed by atoms with Crippen LogP contribution in [0.3, 0.4) is 0 Å². The Kier molecular flexibility index (Phi) is 6.37. The SMILES string of the molecule is CN1CCN(c2ccc3ncc(-c4cn(CCCCCCN)nc4C4CC4)nc3c2)CC1. The Morgan fingerprint density at radius 1 is 1.00 bits per heavy atom. The fourth-order valence-corrected chi connectivity index (χ4v) is 4.57. The van der Waals surface area contributed by atoms with Crippen molar-refractivity contribution in [1.29, 1.82) is 0 Å². The maximum Gasteiger partial charge on any atom is 0.0927 e. The van der Waals surface area contributed by atoms with Crippen molar-refractivity contribution in [3.05, 3.63) is 36.3 Å². The summed E-state index contributed by atoms with van der Waals surface area (Å²) < 4.78 is 2.12. The first-order valence-corrected chi connectivity index (χ1v) is 12.2. The van der Waals surface area contributed by atoms with Crippen LogP contribution in [0.25, 0.3) is 22.3 Å². The second-order valence-corrected chi connectivity index (χ2v) is 9.39. The van der Waals surface area contributed by atoms with Gasteiger partial charge in [-0.3, -0.25) is 9.67 Å². The molecule has 0 radical (unpaired) electrons. The third-order valence-electron chi connectivity index (χ3n) is 6.77. The number of aromatic nitrogens is 4. The van der Waals surface area contributed by atoms with Crippen molar-refractivity contribution in [2.24, 2.45) is 5.73 Å². The second-order valence-electron chi connectivity index (χ2n) is 9.39. The molecule has 1 saturated carbocycles. The van der Waals surface area contributed by atoms with Crippen LogP contribution in [0, 0.1) is 0 Å². The molecule has 32 heavy (non-hydrogen) atoms. The predicted molar refractivity (Wildman–Crippen MR) is 130 cm³/mol. The molecule has 0 atom stereocenters. The largest absolute Gasteiger partial charge is 0.369 e. The molecule has 0 bridgehead atoms. The third kappa shape index (κ3) is 4.79. The van der Waals surface area contributed by atoms with Crippen LogP contribution in [0.4, 0.5) is 5.69 Å². The summed E-state index contributed by atoms with van der Waals surface area (Å²) >= 11 is 0. The molecule has 7 nitrogen and oxygen atoms in total. The third-order valence-corrected chi connectivity index (χ3v) is 6.77. The highest BCUT2D eigenvalue weighted by molar-refractivity contribution is 5.81. The van der Waals surface area contributed by atoms with Crippen molar-refractivity contribution in [3.63, 3.8) is 0 Å². The Bertz CT molecular complexity index is 1050. The second kappa shape index (κ2) is 9.55. The van der Waals surface area contributed by atoms with Gasteiger partial charge in [-0.05, 0) is 57.5 Å². The lowest BCUT2D eigenvalue weighted by Crippen LogP contribution is -2.44. The van der Waals surface area contributed by atoms with Gasteiger partial charge in [-0.2, -0.15) is 5.10 Å². The molecule has 1 aliphatic carbocycles. The molecule has 3 heterocycles. The number of aryl methyl sites for hydroxylation is 1. The topological polar surface area (TPSA) is 76.1 Å². The van der Waals surface area contributed by atoms with E-state index in [4.69, 9.17) is 20.8 Å². The number of hydrogen-bond donors (Lipinski definition) is 1. The smallest absolute Gasteiger partial charge is 0.0927 e. The Hall–Kier alpha value is -2.51. The van der Waals surface area contributed by atoms with Gasteiger partial charge < -0.3 is 15.5 Å². The van der Waals surface area contributed by atoms with Gasteiger partial charge in [0.25, 0.3) is 0 Å². The average molecular weight is 434 g/mol. The van der Waals surface area contributed by atoms with E-state index in [-0.39, 0.29) is 0 Å². The Balaban J connectivity index is 1.38. The normalized spacial score (nSPS) is 17.4. The molecule has 7 heteroatoms. The standard InChI is InChI=1S/C25H35N7/c1-30-12-14-31(15-13-30)20-8-9-22-23(16-20)28-24(17-27-22)21-18-32(11-5-3-2-4-10-26)29-25(21)19-6-7-19/h8-9,16-19H,2-7,10-15,26H2,1H3. The Labute approximate surface area is 190 Å². The minimum atomic E-state index is 0.581. The lowest BCUT2D eigenvalue weighted by molar-refractivity contribution is 0.313. The van der Waals surface area contributed by atoms with E-state index >= 15 is 0 Å². The summed E-state index contributed by atoms with van der Waals surface area (Å²) in [6.45, 7) is 6.05. The number of nitrogens with zero attached hydrogens (tertiary/aromatic N) is 6. The van der Waals surface area contributed by atoms with E-state index in [1.54, 1.807) is 0 Å². The molecule has 1 aromatic carbocycles. The number of rotatable bonds is 9. The highest BCUT2D eigenvalue weighted by atomic mass is 15.3. The summed E-state index contributed by atoms with van der Waals surface area (Å²) in [5, 5.41) is 4.96. The molecule has 170 valence electrons. The van der Waals surface area contributed by atoms with Crippen LogP contribution in [0.5, 0.6) is 0 Å². The summed E-state index contributed by atoms with van der Waals surface area (Å²) in [4.78, 5) is 14.6. The molecular formula is C25H35N7. The van der Waals surface area contributed by atoms with Crippen LogP contribution in [0.2, 0.25) is 0 Å². The molecule has 2 aromatic heterocycles. The number of benzene rings is 1. The molecule has 0 spiro atoms. The number of hydrogen-bond acceptors (Lipinski definition) is 6. The maximum atomic E-state index is 5.61. The summed E-state index contributed by atoms with van der Waals surface area (Å²) in [6, 6.07) is 6.49. The predicted octanol–water partition coefficient (Wildman–Crippen LogP) is 3.64. The molecule has 0 unspecified atom stereocenters. The summed E-state index contributed by atoms with van der Waals surface area (Å²) in [7, 11) is 2.19. The first kappa shape index (κ1) is 21.3. The van der Waals surface area contributed by atoms with Crippen molar-refractivity contribution >= 4 is 16.7 Å². The van der Waals surface area contributed by atoms with Gasteiger partial charge in [0, 0.05) is 56.1 Å². The molecule has 2 N–H and O–H groups in total. The molecule has 5 rings (SSSR count). The minimum Gasteiger partial charge on any atom is -0.369 e. The molecule has 0 amide bonds. The lowest BCUT2D eigenvalue weighted by Gasteiger charge is -2.34. The van der Waals surface area contributed by atoms with Crippen molar-refractivity contribution in [3.8, 4) is 11.3 Å². The number of unbranched alkanes of at least 4 members (excludes halogenated alkanes) is 3. The van der Waals surface area contributed by atoms with Crippen LogP contribution in [0.15, 0.2) is 30.6 Å². The number of likely N-dealkylation sites (N-methyl/N-ethyl adjacent to an activating group) is 1. The van der Waals surface area contributed by atoms with E-state index in [0.29, 0.717) is 5.92 Å². The van der Waals surface area contributed by atoms with Gasteiger partial charge in [0.05, 0.1) is 28.6 Å². The minimum absolute atomic E-state index is 0.581. The quantitative estimate of drug-likeness (QED) is 0.519. The number of piperazine rings is 1. The van der Waals surface area contributed by atoms with Crippen LogP contribution in [-0.2, 0) is 6.54 Å². The molecule has 1 aliphatic heterocycles. The van der Waals surface area contributed by atoms with Gasteiger partial charge in [-0.25, -0.2) is 4.98 Å². The zero-order chi connectivity index (χ0) is 21.9. The van der Waals surface area contributed by atoms with Crippen molar-refractivity contribution in [2.45, 2.75) is 51.0 Å². The van der Waals surface area contributed by atoms with Crippen molar-refractivity contribution in [2.75, 3.05) is 44.7 Å². The first-order valence-electron chi connectivity index (χ1n) is 12.2. The van der Waals surface area contributed by atoms with Gasteiger partial charge in [-0.1, -0.05) is 12.8 Å². The molecule has 2 fully saturated rings. The van der Waals surface area contributed by atoms with Crippen LogP contribution < -0.4 is 10.6 Å². The first-order chi connectivity index (χ1) is 15.7. The Morgan fingerprint density at radius 3 is 2.59 bits per heavy atom. The highest BCUT2D eigenvalue weighted by Gasteiger charge is 2.30. The number of fused-ring (bicyclic) bond motifs is 1. The van der Waals surface area contributed by atoms with Gasteiger partial charge in [0.15, 0.2) is 0 Å². The maximum absolute atomic E-state index is 5.61. The van der Waals surface area contributed by atoms with Gasteiger partial charge in [0.1, 0.15) is 0 Å². The zero-order valence-electron chi connectivity index (χ0n) is 19.2. The Morgan fingerprint density at radius 2 is 1.81 bits per heavy atom. The van der Waals surface area contributed by atoms with Crippen LogP contribution >= 0.6 is 0 Å². The van der Waals surface area contributed by atoms with Gasteiger partial charge in [-0.15, -0.1) is 0 Å². The number of anilines is 1. The fourth-order valence-electron chi connectivity index (χ4n) is 4.57. The molecule has 3 aromatic rings. The lowest BCUT2D eigenvalue weighted by atomic mass is 10.1.